The molecular weight excluding hydrogens is 1370 g/mol. The first-order chi connectivity index (χ1) is 60.5. The number of pyridine rings is 1. The minimum absolute atomic E-state index is 0.0898. The summed E-state index contributed by atoms with van der Waals surface area (Å²) in [5.74, 6) is 0. The van der Waals surface area contributed by atoms with Crippen LogP contribution in [-0.2, 0) is 32.5 Å². The molecule has 2 aliphatic heterocycles. The molecule has 2 aliphatic rings. The van der Waals surface area contributed by atoms with Gasteiger partial charge in [-0.2, -0.15) is 0 Å². The van der Waals surface area contributed by atoms with E-state index in [9.17, 15) is 21.9 Å². The molecule has 6 heteroatoms. The van der Waals surface area contributed by atoms with Crippen LogP contribution in [0, 0.1) is 0 Å². The molecule has 113 heavy (non-hydrogen) atoms. The first-order valence-electron chi connectivity index (χ1n) is 47.3. The highest BCUT2D eigenvalue weighted by atomic mass is 15.2. The molecule has 18 rings (SSSR count). The number of fused-ring (bicyclic) bond motifs is 10. The van der Waals surface area contributed by atoms with Crippen molar-refractivity contribution in [1.29, 1.82) is 0 Å². The molecule has 0 atom stereocenters. The van der Waals surface area contributed by atoms with Gasteiger partial charge in [-0.1, -0.05) is 331 Å². The second kappa shape index (κ2) is 26.5. The Bertz CT molecular complexity index is 7250. The summed E-state index contributed by atoms with van der Waals surface area (Å²) < 4.78 is 160. The van der Waals surface area contributed by atoms with Crippen molar-refractivity contribution in [3.8, 4) is 67.0 Å². The first-order valence-corrected chi connectivity index (χ1v) is 39.3. The molecule has 16 aromatic rings. The summed E-state index contributed by atoms with van der Waals surface area (Å²) in [7, 11) is 0. The predicted octanol–water partition coefficient (Wildman–Crippen LogP) is 27.5. The van der Waals surface area contributed by atoms with Crippen LogP contribution in [0.5, 0.6) is 0 Å². The van der Waals surface area contributed by atoms with Gasteiger partial charge in [0.2, 0.25) is 0 Å². The molecule has 0 saturated heterocycles. The lowest BCUT2D eigenvalue weighted by Gasteiger charge is -2.46. The number of benzene rings is 13. The Kier molecular flexibility index (Phi) is 13.2. The Labute approximate surface area is 691 Å². The fraction of sp³-hybridized carbons (Fsp3) is 0.224. The summed E-state index contributed by atoms with van der Waals surface area (Å²) in [6.45, 7) is 38.7. The Morgan fingerprint density at radius 2 is 0.646 bits per heavy atom. The van der Waals surface area contributed by atoms with Crippen LogP contribution in [-0.4, -0.2) is 20.8 Å². The van der Waals surface area contributed by atoms with Crippen LogP contribution in [0.3, 0.4) is 0 Å². The van der Waals surface area contributed by atoms with Gasteiger partial charge >= 0.3 is 0 Å². The summed E-state index contributed by atoms with van der Waals surface area (Å²) in [4.78, 5) is 10.4. The number of aromatic nitrogens is 3. The molecule has 0 saturated carbocycles. The van der Waals surface area contributed by atoms with E-state index in [1.165, 1.54) is 0 Å². The van der Waals surface area contributed by atoms with Crippen molar-refractivity contribution >= 4 is 101 Å². The summed E-state index contributed by atoms with van der Waals surface area (Å²) >= 11 is 0. The second-order valence-electron chi connectivity index (χ2n) is 36.9. The van der Waals surface area contributed by atoms with Crippen molar-refractivity contribution in [1.82, 2.24) is 14.1 Å². The number of hydrogen-bond acceptors (Lipinski definition) is 3. The van der Waals surface area contributed by atoms with E-state index in [4.69, 9.17) is 4.98 Å². The molecule has 0 aliphatic carbocycles. The normalized spacial score (nSPS) is 15.3. The highest BCUT2D eigenvalue weighted by Gasteiger charge is 2.47. The fourth-order valence-corrected chi connectivity index (χ4v) is 16.9. The Morgan fingerprint density at radius 3 is 1.05 bits per heavy atom. The quantitative estimate of drug-likeness (QED) is 0.135. The molecule has 0 unspecified atom stereocenters. The smallest absolute Gasteiger partial charge is 0.252 e. The lowest BCUT2D eigenvalue weighted by atomic mass is 9.33. The average molecular weight is 1480 g/mol. The van der Waals surface area contributed by atoms with Gasteiger partial charge in [0.15, 0.2) is 0 Å². The van der Waals surface area contributed by atoms with Crippen LogP contribution in [0.1, 0.15) is 180 Å². The monoisotopic (exact) mass is 1480 g/mol. The zero-order valence-electron chi connectivity index (χ0n) is 83.8. The molecule has 0 bridgehead atoms. The minimum atomic E-state index is -0.833. The molecule has 0 spiro atoms. The zero-order chi connectivity index (χ0) is 92.7. The van der Waals surface area contributed by atoms with Crippen molar-refractivity contribution in [3.05, 3.63) is 324 Å². The molecule has 0 amide bonds. The van der Waals surface area contributed by atoms with Gasteiger partial charge in [0.25, 0.3) is 6.71 Å². The maximum atomic E-state index is 10.4. The number of nitrogens with zero attached hydrogens (tertiary/aromatic N) is 5. The second-order valence-corrected chi connectivity index (χ2v) is 36.9. The standard InChI is InChI=1S/C107H102BN5/c1-102(2,3)72-56-71(57-73(59-72)103(4,5)6)70-50-53-87-93(58-70)112(99-83(67-36-22-19-23-37-67)60-74(104(7,8)9)61-84(99)68-38-24-20-25-39-68)95-65-77(111-91-48-34-30-44-80(91)81-45-31-35-49-92(81)111)66-96-98(95)108(87)88-54-51-76(110-89-46-32-28-42-78(89)79-43-29-33-47-90(79)110)64-94(88)113(96)100-85(69-40-26-21-27-41-69)62-75(105(10,11)12)63-86(100)82-52-55-97(106(13,14)15)109-101(82)107(16,17)18/h19-66H,1-18H3/i28D,29D,30D,31D,32D,33D,34D,35D,42D,43D,44D,45D,46D,47D,48D,49D. The van der Waals surface area contributed by atoms with E-state index in [0.29, 0.717) is 22.7 Å². The summed E-state index contributed by atoms with van der Waals surface area (Å²) in [5, 5.41) is -0.454. The Morgan fingerprint density at radius 1 is 0.283 bits per heavy atom. The van der Waals surface area contributed by atoms with Crippen molar-refractivity contribution in [3.63, 3.8) is 0 Å². The van der Waals surface area contributed by atoms with E-state index >= 15 is 0 Å². The molecular formula is C107H102BN5. The molecule has 5 heterocycles. The average Bonchev–Trinajstić information content (AvgIpc) is 1.61. The zero-order valence-corrected chi connectivity index (χ0v) is 67.8. The third kappa shape index (κ3) is 12.4. The lowest BCUT2D eigenvalue weighted by Crippen LogP contribution is -2.61. The van der Waals surface area contributed by atoms with Crippen molar-refractivity contribution in [2.45, 2.75) is 157 Å². The third-order valence-electron chi connectivity index (χ3n) is 22.9. The van der Waals surface area contributed by atoms with Crippen molar-refractivity contribution in [2.75, 3.05) is 9.80 Å². The molecule has 558 valence electrons. The maximum Gasteiger partial charge on any atom is 0.252 e. The van der Waals surface area contributed by atoms with Crippen LogP contribution >= 0.6 is 0 Å². The van der Waals surface area contributed by atoms with Gasteiger partial charge in [-0.05, 0) is 173 Å². The van der Waals surface area contributed by atoms with Gasteiger partial charge in [0.05, 0.1) is 66.8 Å². The minimum Gasteiger partial charge on any atom is -0.310 e. The van der Waals surface area contributed by atoms with Crippen LogP contribution in [0.25, 0.3) is 111 Å². The van der Waals surface area contributed by atoms with Gasteiger partial charge < -0.3 is 18.9 Å². The van der Waals surface area contributed by atoms with E-state index in [0.717, 1.165) is 117 Å². The maximum absolute atomic E-state index is 10.4. The first kappa shape index (κ1) is 56.5. The lowest BCUT2D eigenvalue weighted by molar-refractivity contribution is 0.532. The van der Waals surface area contributed by atoms with Gasteiger partial charge in [0, 0.05) is 94.3 Å². The largest absolute Gasteiger partial charge is 0.310 e. The van der Waals surface area contributed by atoms with E-state index in [-0.39, 0.29) is 65.8 Å². The number of anilines is 6. The summed E-state index contributed by atoms with van der Waals surface area (Å²) in [5.41, 5.74) is 17.6. The van der Waals surface area contributed by atoms with E-state index in [1.807, 2.05) is 84.9 Å². The summed E-state index contributed by atoms with van der Waals surface area (Å²) in [6, 6.07) is 59.1. The van der Waals surface area contributed by atoms with Gasteiger partial charge in [-0.3, -0.25) is 4.98 Å². The molecule has 3 aromatic heterocycles. The SMILES string of the molecule is [2H]c1c([2H])c([2H])c2c(c1[2H])c1c([2H])c([2H])c([2H])c([2H])c1n2-c1ccc2c(c1)N(c1c(-c3ccccc3)cc(C(C)(C)C)cc1-c1ccc(C(C)(C)C)nc1C(C)(C)C)c1cc(-n3c4c([2H])c([2H])c([2H])c([2H])c4c4c([2H])c([2H])c([2H])c([2H])c43)cc3c1B2c1ccc(-c2cc(C(C)(C)C)cc(C(C)(C)C)c2)cc1N3c1c(-c2ccccc2)cc(C(C)(C)C)cc1-c1ccccc1. The number of para-hydroxylation sites is 4. The fourth-order valence-electron chi connectivity index (χ4n) is 16.9. The summed E-state index contributed by atoms with van der Waals surface area (Å²) in [6.07, 6.45) is 0. The van der Waals surface area contributed by atoms with Gasteiger partial charge in [-0.25, -0.2) is 0 Å². The van der Waals surface area contributed by atoms with Crippen LogP contribution in [0.2, 0.25) is 0 Å². The highest BCUT2D eigenvalue weighted by Crippen LogP contribution is 2.57. The molecule has 13 aromatic carbocycles. The van der Waals surface area contributed by atoms with E-state index in [1.54, 1.807) is 9.13 Å². The van der Waals surface area contributed by atoms with Crippen molar-refractivity contribution < 1.29 is 21.9 Å². The number of rotatable bonds is 9. The van der Waals surface area contributed by atoms with Crippen LogP contribution in [0.15, 0.2) is 291 Å². The van der Waals surface area contributed by atoms with E-state index < -0.39 is 125 Å². The third-order valence-corrected chi connectivity index (χ3v) is 22.9. The molecule has 0 radical (unpaired) electrons. The Hall–Kier alpha value is -11.7. The highest BCUT2D eigenvalue weighted by molar-refractivity contribution is 7.00. The number of hydrogen-bond donors (Lipinski definition) is 0. The van der Waals surface area contributed by atoms with Gasteiger partial charge in [0.1, 0.15) is 0 Å². The van der Waals surface area contributed by atoms with E-state index in [2.05, 4.69) is 244 Å². The van der Waals surface area contributed by atoms with Crippen LogP contribution in [0.4, 0.5) is 34.1 Å². The predicted molar refractivity (Wildman–Crippen MR) is 486 cm³/mol. The molecule has 0 fully saturated rings. The molecule has 5 nitrogen and oxygen atoms in total. The molecule has 0 N–H and O–H groups in total. The van der Waals surface area contributed by atoms with Gasteiger partial charge in [-0.15, -0.1) is 0 Å². The van der Waals surface area contributed by atoms with Crippen molar-refractivity contribution in [2.24, 2.45) is 0 Å². The topological polar surface area (TPSA) is 29.2 Å². The van der Waals surface area contributed by atoms with Crippen LogP contribution < -0.4 is 26.2 Å². The Balaban J connectivity index is 1.15.